The van der Waals surface area contributed by atoms with E-state index in [1.165, 1.54) is 13.2 Å². The summed E-state index contributed by atoms with van der Waals surface area (Å²) in [4.78, 5) is 27.8. The Labute approximate surface area is 170 Å². The molecule has 11 heteroatoms. The van der Waals surface area contributed by atoms with Crippen LogP contribution in [0.15, 0.2) is 30.6 Å². The number of carboxylic acid groups (broad SMARTS) is 1. The summed E-state index contributed by atoms with van der Waals surface area (Å²) in [5.41, 5.74) is 5.94. The zero-order valence-electron chi connectivity index (χ0n) is 16.3. The Morgan fingerprint density at radius 3 is 2.60 bits per heavy atom. The number of carbonyl (C=O) groups excluding carboxylic acids is 1. The van der Waals surface area contributed by atoms with Crippen LogP contribution in [0.5, 0.6) is 5.75 Å². The molecule has 0 bridgehead atoms. The molecule has 4 N–H and O–H groups in total. The second-order valence-corrected chi connectivity index (χ2v) is 7.00. The van der Waals surface area contributed by atoms with Gasteiger partial charge in [0.25, 0.3) is 0 Å². The number of hydrogen-bond acceptors (Lipinski definition) is 8. The Morgan fingerprint density at radius 2 is 2.03 bits per heavy atom. The van der Waals surface area contributed by atoms with Crippen molar-refractivity contribution in [2.24, 2.45) is 12.8 Å². The summed E-state index contributed by atoms with van der Waals surface area (Å²) < 4.78 is 7.12. The Bertz CT molecular complexity index is 1150. The van der Waals surface area contributed by atoms with Crippen LogP contribution >= 0.6 is 0 Å². The maximum atomic E-state index is 11.9. The van der Waals surface area contributed by atoms with E-state index in [1.54, 1.807) is 36.3 Å². The largest absolute Gasteiger partial charge is 0.494 e. The van der Waals surface area contributed by atoms with Crippen LogP contribution in [0.3, 0.4) is 0 Å². The summed E-state index contributed by atoms with van der Waals surface area (Å²) in [6.07, 6.45) is 2.66. The van der Waals surface area contributed by atoms with Crippen LogP contribution in [-0.4, -0.2) is 49.1 Å². The van der Waals surface area contributed by atoms with Crippen LogP contribution in [0.25, 0.3) is 11.4 Å². The Hall–Kier alpha value is -4.02. The number of aryl methyl sites for hydroxylation is 1. The van der Waals surface area contributed by atoms with Crippen molar-refractivity contribution in [3.05, 3.63) is 42.0 Å². The number of ether oxygens (including phenoxy) is 1. The Kier molecular flexibility index (Phi) is 4.57. The number of aromatic nitrogens is 5. The van der Waals surface area contributed by atoms with Gasteiger partial charge < -0.3 is 20.9 Å². The SMILES string of the molecule is COc1c(Nc2cc(C3(C(N)=O)CC3)nnc2C(=O)O)cccc1-c1ncn(C)n1. The quantitative estimate of drug-likeness (QED) is 0.522. The van der Waals surface area contributed by atoms with Crippen LogP contribution in [0.1, 0.15) is 29.0 Å². The van der Waals surface area contributed by atoms with Gasteiger partial charge in [0.05, 0.1) is 35.2 Å². The molecule has 1 amide bonds. The van der Waals surface area contributed by atoms with E-state index >= 15 is 0 Å². The van der Waals surface area contributed by atoms with Crippen LogP contribution in [-0.2, 0) is 17.3 Å². The lowest BCUT2D eigenvalue weighted by Gasteiger charge is -2.16. The van der Waals surface area contributed by atoms with Crippen molar-refractivity contribution in [1.29, 1.82) is 0 Å². The van der Waals surface area contributed by atoms with E-state index < -0.39 is 17.3 Å². The first kappa shape index (κ1) is 19.3. The lowest BCUT2D eigenvalue weighted by molar-refractivity contribution is -0.120. The third kappa shape index (κ3) is 3.19. The van der Waals surface area contributed by atoms with Gasteiger partial charge in [0.2, 0.25) is 5.91 Å². The van der Waals surface area contributed by atoms with E-state index in [1.807, 2.05) is 0 Å². The summed E-state index contributed by atoms with van der Waals surface area (Å²) >= 11 is 0. The molecule has 0 saturated heterocycles. The van der Waals surface area contributed by atoms with Gasteiger partial charge in [-0.15, -0.1) is 5.10 Å². The lowest BCUT2D eigenvalue weighted by Crippen LogP contribution is -2.30. The van der Waals surface area contributed by atoms with Crippen molar-refractivity contribution < 1.29 is 19.4 Å². The molecule has 1 aliphatic carbocycles. The molecule has 0 radical (unpaired) electrons. The molecular formula is C19H19N7O4. The number of nitrogens with two attached hydrogens (primary N) is 1. The molecule has 3 aromatic rings. The highest BCUT2D eigenvalue weighted by atomic mass is 16.5. The maximum absolute atomic E-state index is 11.9. The Balaban J connectivity index is 1.79. The number of aromatic carboxylic acids is 1. The number of primary amides is 1. The number of amides is 1. The zero-order chi connectivity index (χ0) is 21.5. The fourth-order valence-corrected chi connectivity index (χ4v) is 3.27. The topological polar surface area (TPSA) is 158 Å². The molecule has 30 heavy (non-hydrogen) atoms. The highest BCUT2D eigenvalue weighted by Gasteiger charge is 2.52. The monoisotopic (exact) mass is 409 g/mol. The predicted octanol–water partition coefficient (Wildman–Crippen LogP) is 1.24. The highest BCUT2D eigenvalue weighted by molar-refractivity contribution is 5.95. The average molecular weight is 409 g/mol. The van der Waals surface area contributed by atoms with Gasteiger partial charge in [-0.2, -0.15) is 10.2 Å². The van der Waals surface area contributed by atoms with Gasteiger partial charge in [-0.1, -0.05) is 6.07 Å². The van der Waals surface area contributed by atoms with E-state index in [9.17, 15) is 14.7 Å². The van der Waals surface area contributed by atoms with E-state index in [-0.39, 0.29) is 11.4 Å². The van der Waals surface area contributed by atoms with Gasteiger partial charge in [0, 0.05) is 7.05 Å². The van der Waals surface area contributed by atoms with Crippen LogP contribution in [0.2, 0.25) is 0 Å². The van der Waals surface area contributed by atoms with E-state index in [4.69, 9.17) is 10.5 Å². The minimum absolute atomic E-state index is 0.171. The van der Waals surface area contributed by atoms with Crippen molar-refractivity contribution >= 4 is 23.3 Å². The minimum atomic E-state index is -1.26. The molecule has 1 saturated carbocycles. The fraction of sp³-hybridized carbons (Fsp3) is 0.263. The second kappa shape index (κ2) is 7.10. The molecule has 4 rings (SSSR count). The molecule has 2 aromatic heterocycles. The number of carboxylic acids is 1. The van der Waals surface area contributed by atoms with Gasteiger partial charge in [-0.25, -0.2) is 9.78 Å². The summed E-state index contributed by atoms with van der Waals surface area (Å²) in [5, 5.41) is 24.6. The molecule has 0 atom stereocenters. The number of rotatable bonds is 7. The molecule has 1 fully saturated rings. The molecule has 1 aromatic carbocycles. The van der Waals surface area contributed by atoms with Crippen LogP contribution < -0.4 is 15.8 Å². The minimum Gasteiger partial charge on any atom is -0.494 e. The lowest BCUT2D eigenvalue weighted by atomic mass is 10.0. The zero-order valence-corrected chi connectivity index (χ0v) is 16.3. The van der Waals surface area contributed by atoms with Gasteiger partial charge in [0.15, 0.2) is 17.3 Å². The molecule has 11 nitrogen and oxygen atoms in total. The third-order valence-electron chi connectivity index (χ3n) is 5.04. The van der Waals surface area contributed by atoms with Crippen molar-refractivity contribution in [2.45, 2.75) is 18.3 Å². The number of anilines is 2. The molecule has 1 aliphatic rings. The van der Waals surface area contributed by atoms with Crippen molar-refractivity contribution in [1.82, 2.24) is 25.0 Å². The smallest absolute Gasteiger partial charge is 0.358 e. The number of benzene rings is 1. The average Bonchev–Trinajstić information content (AvgIpc) is 3.43. The summed E-state index contributed by atoms with van der Waals surface area (Å²) in [6, 6.07) is 6.77. The Morgan fingerprint density at radius 1 is 1.27 bits per heavy atom. The van der Waals surface area contributed by atoms with E-state index in [2.05, 4.69) is 25.6 Å². The van der Waals surface area contributed by atoms with Gasteiger partial charge in [-0.3, -0.25) is 9.48 Å². The first-order valence-corrected chi connectivity index (χ1v) is 9.07. The third-order valence-corrected chi connectivity index (χ3v) is 5.04. The van der Waals surface area contributed by atoms with Crippen molar-refractivity contribution in [3.63, 3.8) is 0 Å². The summed E-state index contributed by atoms with van der Waals surface area (Å²) in [5.74, 6) is -0.890. The standard InChI is InChI=1S/C19H19N7O4/c1-26-9-21-16(25-26)10-4-3-5-11(15(10)30-2)22-12-8-13(19(6-7-19)18(20)29)23-24-14(12)17(27)28/h3-5,8-9H,6-7H2,1-2H3,(H2,20,29)(H,22,23)(H,27,28). The number of methoxy groups -OCH3 is 1. The van der Waals surface area contributed by atoms with Crippen LogP contribution in [0.4, 0.5) is 11.4 Å². The molecule has 0 unspecified atom stereocenters. The molecular weight excluding hydrogens is 390 g/mol. The predicted molar refractivity (Wildman–Crippen MR) is 105 cm³/mol. The first-order chi connectivity index (χ1) is 14.4. The van der Waals surface area contributed by atoms with Crippen molar-refractivity contribution in [2.75, 3.05) is 12.4 Å². The summed E-state index contributed by atoms with van der Waals surface area (Å²) in [6.45, 7) is 0. The number of hydrogen-bond donors (Lipinski definition) is 3. The van der Waals surface area contributed by atoms with E-state index in [0.29, 0.717) is 41.4 Å². The van der Waals surface area contributed by atoms with Crippen molar-refractivity contribution in [3.8, 4) is 17.1 Å². The van der Waals surface area contributed by atoms with E-state index in [0.717, 1.165) is 0 Å². The highest BCUT2D eigenvalue weighted by Crippen LogP contribution is 2.47. The summed E-state index contributed by atoms with van der Waals surface area (Å²) in [7, 11) is 3.24. The van der Waals surface area contributed by atoms with Gasteiger partial charge >= 0.3 is 5.97 Å². The maximum Gasteiger partial charge on any atom is 0.358 e. The number of para-hydroxylation sites is 1. The normalized spacial score (nSPS) is 14.2. The number of nitrogens with one attached hydrogen (secondary N) is 1. The molecule has 0 aliphatic heterocycles. The fourth-order valence-electron chi connectivity index (χ4n) is 3.27. The molecule has 2 heterocycles. The number of nitrogens with zero attached hydrogens (tertiary/aromatic N) is 5. The molecule has 0 spiro atoms. The number of carbonyl (C=O) groups is 2. The van der Waals surface area contributed by atoms with Gasteiger partial charge in [-0.05, 0) is 31.0 Å². The van der Waals surface area contributed by atoms with Gasteiger partial charge in [0.1, 0.15) is 6.33 Å². The first-order valence-electron chi connectivity index (χ1n) is 9.07. The molecule has 154 valence electrons. The van der Waals surface area contributed by atoms with Crippen LogP contribution in [0, 0.1) is 0 Å². The second-order valence-electron chi connectivity index (χ2n) is 7.00.